The van der Waals surface area contributed by atoms with Gasteiger partial charge in [0.15, 0.2) is 0 Å². The van der Waals surface area contributed by atoms with Gasteiger partial charge in [0.2, 0.25) is 0 Å². The monoisotopic (exact) mass is 354 g/mol. The van der Waals surface area contributed by atoms with E-state index < -0.39 is 17.5 Å². The summed E-state index contributed by atoms with van der Waals surface area (Å²) >= 11 is 0. The molecule has 0 bridgehead atoms. The predicted molar refractivity (Wildman–Crippen MR) is 93.6 cm³/mol. The standard InChI is InChI=1S/C20H14F2N2O2.H2/c21-17-2-1-3-18(22)16(17)10-24-20(25)12-4-5-15-14-6-7-23-9-13(14)11-26-19(15)8-12;/h1-9H,10-11H2,(H,24,25);1H. The lowest BCUT2D eigenvalue weighted by Gasteiger charge is -2.20. The molecular formula is C20H16F2N2O2. The lowest BCUT2D eigenvalue weighted by Crippen LogP contribution is -2.24. The third kappa shape index (κ3) is 2.90. The molecule has 0 fully saturated rings. The molecule has 2 aromatic carbocycles. The number of nitrogens with zero attached hydrogens (tertiary/aromatic N) is 1. The molecule has 0 radical (unpaired) electrons. The van der Waals surface area contributed by atoms with Crippen LogP contribution >= 0.6 is 0 Å². The van der Waals surface area contributed by atoms with Gasteiger partial charge in [-0.15, -0.1) is 0 Å². The first-order valence-corrected chi connectivity index (χ1v) is 8.04. The van der Waals surface area contributed by atoms with Gasteiger partial charge in [-0.05, 0) is 42.0 Å². The second kappa shape index (κ2) is 6.55. The molecule has 0 saturated heterocycles. The molecule has 0 saturated carbocycles. The van der Waals surface area contributed by atoms with Crippen LogP contribution in [0.25, 0.3) is 11.1 Å². The minimum Gasteiger partial charge on any atom is -0.488 e. The van der Waals surface area contributed by atoms with Crippen LogP contribution in [0.5, 0.6) is 5.75 Å². The van der Waals surface area contributed by atoms with Crippen molar-refractivity contribution in [2.75, 3.05) is 0 Å². The highest BCUT2D eigenvalue weighted by Gasteiger charge is 2.19. The molecule has 0 atom stereocenters. The Morgan fingerprint density at radius 3 is 2.77 bits per heavy atom. The molecule has 2 heterocycles. The molecule has 0 unspecified atom stereocenters. The molecule has 3 aromatic rings. The van der Waals surface area contributed by atoms with E-state index in [1.54, 1.807) is 30.6 Å². The largest absolute Gasteiger partial charge is 0.488 e. The van der Waals surface area contributed by atoms with Crippen molar-refractivity contribution in [2.45, 2.75) is 13.2 Å². The van der Waals surface area contributed by atoms with Crippen molar-refractivity contribution in [1.29, 1.82) is 0 Å². The summed E-state index contributed by atoms with van der Waals surface area (Å²) < 4.78 is 33.0. The molecule has 132 valence electrons. The van der Waals surface area contributed by atoms with Crippen LogP contribution in [0.2, 0.25) is 0 Å². The SMILES string of the molecule is O=C(NCc1c(F)cccc1F)c1ccc2c(c1)OCc1cnccc1-2.[HH]. The summed E-state index contributed by atoms with van der Waals surface area (Å²) in [6.45, 7) is 0.144. The average Bonchev–Trinajstić information content (AvgIpc) is 2.67. The van der Waals surface area contributed by atoms with Crippen LogP contribution in [0.1, 0.15) is 22.9 Å². The van der Waals surface area contributed by atoms with Crippen molar-refractivity contribution in [3.63, 3.8) is 0 Å². The van der Waals surface area contributed by atoms with Crippen molar-refractivity contribution in [1.82, 2.24) is 10.3 Å². The topological polar surface area (TPSA) is 51.2 Å². The number of halogens is 2. The van der Waals surface area contributed by atoms with E-state index in [9.17, 15) is 13.6 Å². The van der Waals surface area contributed by atoms with Crippen molar-refractivity contribution in [3.05, 3.63) is 83.2 Å². The first-order chi connectivity index (χ1) is 12.6. The molecule has 1 aliphatic heterocycles. The molecular weight excluding hydrogens is 338 g/mol. The Bertz CT molecular complexity index is 991. The van der Waals surface area contributed by atoms with Gasteiger partial charge in [0.25, 0.3) is 5.91 Å². The summed E-state index contributed by atoms with van der Waals surface area (Å²) in [6, 6.07) is 10.6. The molecule has 0 aliphatic carbocycles. The summed E-state index contributed by atoms with van der Waals surface area (Å²) in [5, 5.41) is 2.54. The van der Waals surface area contributed by atoms with E-state index >= 15 is 0 Å². The van der Waals surface area contributed by atoms with Gasteiger partial charge in [0.1, 0.15) is 24.0 Å². The maximum atomic E-state index is 13.7. The van der Waals surface area contributed by atoms with E-state index in [4.69, 9.17) is 4.74 Å². The van der Waals surface area contributed by atoms with Crippen molar-refractivity contribution in [2.24, 2.45) is 0 Å². The number of aromatic nitrogens is 1. The molecule has 1 amide bonds. The highest BCUT2D eigenvalue weighted by atomic mass is 19.1. The zero-order valence-corrected chi connectivity index (χ0v) is 13.6. The zero-order chi connectivity index (χ0) is 18.1. The Balaban J connectivity index is 0.00000210. The molecule has 1 aromatic heterocycles. The number of carbonyl (C=O) groups is 1. The van der Waals surface area contributed by atoms with Gasteiger partial charge in [-0.1, -0.05) is 6.07 Å². The molecule has 0 spiro atoms. The van der Waals surface area contributed by atoms with Gasteiger partial charge in [-0.25, -0.2) is 8.78 Å². The third-order valence-electron chi connectivity index (χ3n) is 4.31. The normalized spacial score (nSPS) is 11.9. The highest BCUT2D eigenvalue weighted by Crippen LogP contribution is 2.37. The van der Waals surface area contributed by atoms with E-state index in [0.29, 0.717) is 17.9 Å². The van der Waals surface area contributed by atoms with Gasteiger partial charge >= 0.3 is 0 Å². The first kappa shape index (κ1) is 16.2. The number of carbonyl (C=O) groups excluding carboxylic acids is 1. The fourth-order valence-corrected chi connectivity index (χ4v) is 2.94. The van der Waals surface area contributed by atoms with E-state index in [1.165, 1.54) is 6.07 Å². The van der Waals surface area contributed by atoms with Crippen molar-refractivity contribution < 1.29 is 19.7 Å². The molecule has 6 heteroatoms. The van der Waals surface area contributed by atoms with Gasteiger partial charge in [-0.3, -0.25) is 9.78 Å². The van der Waals surface area contributed by atoms with Crippen LogP contribution in [0.3, 0.4) is 0 Å². The number of hydrogen-bond donors (Lipinski definition) is 1. The summed E-state index contributed by atoms with van der Waals surface area (Å²) in [7, 11) is 0. The van der Waals surface area contributed by atoms with Crippen molar-refractivity contribution >= 4 is 5.91 Å². The number of amides is 1. The van der Waals surface area contributed by atoms with Crippen LogP contribution in [-0.2, 0) is 13.2 Å². The maximum absolute atomic E-state index is 13.7. The van der Waals surface area contributed by atoms with Crippen LogP contribution in [-0.4, -0.2) is 10.9 Å². The Morgan fingerprint density at radius 2 is 1.96 bits per heavy atom. The Labute approximate surface area is 149 Å². The quantitative estimate of drug-likeness (QED) is 0.771. The Kier molecular flexibility index (Phi) is 4.08. The number of fused-ring (bicyclic) bond motifs is 3. The minimum absolute atomic E-state index is 0. The van der Waals surface area contributed by atoms with E-state index in [2.05, 4.69) is 10.3 Å². The molecule has 1 aliphatic rings. The van der Waals surface area contributed by atoms with Gasteiger partial charge in [-0.2, -0.15) is 0 Å². The average molecular weight is 354 g/mol. The number of ether oxygens (including phenoxy) is 1. The molecule has 4 nitrogen and oxygen atoms in total. The number of rotatable bonds is 3. The molecule has 4 rings (SSSR count). The predicted octanol–water partition coefficient (Wildman–Crippen LogP) is 4.10. The van der Waals surface area contributed by atoms with Crippen LogP contribution < -0.4 is 10.1 Å². The lowest BCUT2D eigenvalue weighted by molar-refractivity contribution is 0.0949. The summed E-state index contributed by atoms with van der Waals surface area (Å²) in [6.07, 6.45) is 3.46. The molecule has 26 heavy (non-hydrogen) atoms. The second-order valence-corrected chi connectivity index (χ2v) is 5.92. The summed E-state index contributed by atoms with van der Waals surface area (Å²) in [5.41, 5.74) is 3.06. The van der Waals surface area contributed by atoms with E-state index in [1.807, 2.05) is 6.07 Å². The highest BCUT2D eigenvalue weighted by molar-refractivity contribution is 5.95. The van der Waals surface area contributed by atoms with Gasteiger partial charge < -0.3 is 10.1 Å². The summed E-state index contributed by atoms with van der Waals surface area (Å²) in [5.74, 6) is -1.22. The Morgan fingerprint density at radius 1 is 1.15 bits per heavy atom. The van der Waals surface area contributed by atoms with Crippen molar-refractivity contribution in [3.8, 4) is 16.9 Å². The number of benzene rings is 2. The zero-order valence-electron chi connectivity index (χ0n) is 13.6. The first-order valence-electron chi connectivity index (χ1n) is 8.04. The lowest BCUT2D eigenvalue weighted by atomic mass is 9.97. The minimum atomic E-state index is -0.690. The number of nitrogens with one attached hydrogen (secondary N) is 1. The summed E-state index contributed by atoms with van der Waals surface area (Å²) in [4.78, 5) is 16.4. The fourth-order valence-electron chi connectivity index (χ4n) is 2.94. The van der Waals surface area contributed by atoms with Gasteiger partial charge in [0.05, 0.1) is 0 Å². The molecule has 1 N–H and O–H groups in total. The van der Waals surface area contributed by atoms with Crippen LogP contribution in [0.4, 0.5) is 8.78 Å². The van der Waals surface area contributed by atoms with Crippen LogP contribution in [0, 0.1) is 11.6 Å². The van der Waals surface area contributed by atoms with E-state index in [0.717, 1.165) is 28.8 Å². The second-order valence-electron chi connectivity index (χ2n) is 5.92. The fraction of sp³-hybridized carbons (Fsp3) is 0.100. The Hall–Kier alpha value is -3.28. The van der Waals surface area contributed by atoms with Gasteiger partial charge in [0, 0.05) is 42.6 Å². The third-order valence-corrected chi connectivity index (χ3v) is 4.31. The van der Waals surface area contributed by atoms with E-state index in [-0.39, 0.29) is 13.5 Å². The van der Waals surface area contributed by atoms with Crippen LogP contribution in [0.15, 0.2) is 54.9 Å². The maximum Gasteiger partial charge on any atom is 0.251 e. The number of pyridine rings is 1. The number of hydrogen-bond acceptors (Lipinski definition) is 3. The smallest absolute Gasteiger partial charge is 0.251 e.